The van der Waals surface area contributed by atoms with Gasteiger partial charge in [0.05, 0.1) is 12.6 Å². The van der Waals surface area contributed by atoms with Crippen molar-refractivity contribution in [3.8, 4) is 0 Å². The number of benzene rings is 2. The fourth-order valence-corrected chi connectivity index (χ4v) is 3.69. The lowest BCUT2D eigenvalue weighted by atomic mass is 9.95. The summed E-state index contributed by atoms with van der Waals surface area (Å²) in [5.74, 6) is -0.766. The summed E-state index contributed by atoms with van der Waals surface area (Å²) in [5.41, 5.74) is 2.44. The topological polar surface area (TPSA) is 43.8 Å². The summed E-state index contributed by atoms with van der Waals surface area (Å²) >= 11 is 6.06. The summed E-state index contributed by atoms with van der Waals surface area (Å²) in [6.07, 6.45) is 0. The number of hydrogen-bond donors (Lipinski definition) is 1. The smallest absolute Gasteiger partial charge is 0.317 e. The predicted molar refractivity (Wildman–Crippen MR) is 100.0 cm³/mol. The van der Waals surface area contributed by atoms with Gasteiger partial charge in [-0.05, 0) is 30.2 Å². The van der Waals surface area contributed by atoms with Gasteiger partial charge in [0, 0.05) is 30.7 Å². The van der Waals surface area contributed by atoms with Gasteiger partial charge in [-0.15, -0.1) is 0 Å². The van der Waals surface area contributed by atoms with Gasteiger partial charge in [0.1, 0.15) is 0 Å². The molecule has 25 heavy (non-hydrogen) atoms. The first kappa shape index (κ1) is 17.9. The van der Waals surface area contributed by atoms with Gasteiger partial charge in [-0.1, -0.05) is 54.1 Å². The Labute approximate surface area is 153 Å². The van der Waals surface area contributed by atoms with Crippen molar-refractivity contribution in [2.24, 2.45) is 0 Å². The van der Waals surface area contributed by atoms with E-state index in [1.54, 1.807) is 0 Å². The van der Waals surface area contributed by atoms with Crippen molar-refractivity contribution in [1.29, 1.82) is 0 Å². The van der Waals surface area contributed by atoms with E-state index in [1.807, 2.05) is 23.1 Å². The van der Waals surface area contributed by atoms with Crippen LogP contribution in [0.3, 0.4) is 0 Å². The molecule has 0 aliphatic carbocycles. The number of piperazine rings is 1. The first-order valence-corrected chi connectivity index (χ1v) is 8.92. The quantitative estimate of drug-likeness (QED) is 0.888. The van der Waals surface area contributed by atoms with E-state index in [0.717, 1.165) is 24.7 Å². The Kier molecular flexibility index (Phi) is 5.74. The van der Waals surface area contributed by atoms with Crippen LogP contribution in [0.4, 0.5) is 0 Å². The normalized spacial score (nSPS) is 20.3. The molecule has 0 bridgehead atoms. The first-order valence-electron chi connectivity index (χ1n) is 8.55. The van der Waals surface area contributed by atoms with Crippen LogP contribution in [-0.2, 0) is 4.79 Å². The maximum Gasteiger partial charge on any atom is 0.317 e. The third kappa shape index (κ3) is 4.40. The van der Waals surface area contributed by atoms with Crippen LogP contribution in [0.2, 0.25) is 5.02 Å². The highest BCUT2D eigenvalue weighted by atomic mass is 35.5. The number of aliphatic carboxylic acids is 1. The Hall–Kier alpha value is -1.88. The number of halogens is 1. The van der Waals surface area contributed by atoms with E-state index in [-0.39, 0.29) is 18.6 Å². The lowest BCUT2D eigenvalue weighted by molar-refractivity contribution is -0.139. The van der Waals surface area contributed by atoms with Crippen LogP contribution in [0.25, 0.3) is 0 Å². The van der Waals surface area contributed by atoms with Crippen molar-refractivity contribution in [3.05, 3.63) is 70.7 Å². The summed E-state index contributed by atoms with van der Waals surface area (Å²) in [6, 6.07) is 18.8. The number of carbonyl (C=O) groups is 1. The molecule has 2 aromatic rings. The fraction of sp³-hybridized carbons (Fsp3) is 0.350. The van der Waals surface area contributed by atoms with E-state index in [1.165, 1.54) is 11.1 Å². The Bertz CT molecular complexity index is 705. The monoisotopic (exact) mass is 358 g/mol. The van der Waals surface area contributed by atoms with Crippen LogP contribution < -0.4 is 0 Å². The highest BCUT2D eigenvalue weighted by Crippen LogP contribution is 2.31. The van der Waals surface area contributed by atoms with Crippen LogP contribution in [0.15, 0.2) is 54.6 Å². The van der Waals surface area contributed by atoms with E-state index < -0.39 is 5.97 Å². The van der Waals surface area contributed by atoms with Crippen molar-refractivity contribution < 1.29 is 9.90 Å². The molecule has 2 aromatic carbocycles. The Morgan fingerprint density at radius 2 is 1.76 bits per heavy atom. The van der Waals surface area contributed by atoms with Gasteiger partial charge in [-0.3, -0.25) is 14.6 Å². The zero-order valence-corrected chi connectivity index (χ0v) is 15.1. The second-order valence-corrected chi connectivity index (χ2v) is 7.01. The van der Waals surface area contributed by atoms with Crippen molar-refractivity contribution in [1.82, 2.24) is 9.80 Å². The largest absolute Gasteiger partial charge is 0.480 e. The third-order valence-corrected chi connectivity index (χ3v) is 5.05. The number of nitrogens with zero attached hydrogens (tertiary/aromatic N) is 2. The van der Waals surface area contributed by atoms with Gasteiger partial charge in [0.25, 0.3) is 0 Å². The van der Waals surface area contributed by atoms with E-state index in [2.05, 4.69) is 48.2 Å². The van der Waals surface area contributed by atoms with Crippen LogP contribution in [0.1, 0.15) is 24.1 Å². The van der Waals surface area contributed by atoms with Crippen molar-refractivity contribution in [2.75, 3.05) is 26.2 Å². The molecule has 3 rings (SSSR count). The van der Waals surface area contributed by atoms with E-state index in [0.29, 0.717) is 0 Å². The van der Waals surface area contributed by atoms with Crippen molar-refractivity contribution in [3.63, 3.8) is 0 Å². The standard InChI is InChI=1S/C20H23ClN2O2/c1-15-13-23(12-11-22(15)14-19(24)25)20(16-5-3-2-4-6-16)17-7-9-18(21)10-8-17/h2-10,15,20H,11-14H2,1H3,(H,24,25)/t15?,20-/m1/s1. The molecule has 0 amide bonds. The molecule has 1 aliphatic rings. The Morgan fingerprint density at radius 3 is 2.36 bits per heavy atom. The van der Waals surface area contributed by atoms with Crippen LogP contribution in [0.5, 0.6) is 0 Å². The molecule has 1 N–H and O–H groups in total. The number of rotatable bonds is 5. The molecule has 5 heteroatoms. The molecule has 1 unspecified atom stereocenters. The minimum absolute atomic E-state index is 0.103. The SMILES string of the molecule is CC1CN([C@H](c2ccccc2)c2ccc(Cl)cc2)CCN1CC(=O)O. The summed E-state index contributed by atoms with van der Waals surface area (Å²) in [5, 5.41) is 9.80. The minimum Gasteiger partial charge on any atom is -0.480 e. The van der Waals surface area contributed by atoms with Crippen LogP contribution >= 0.6 is 11.6 Å². The number of carboxylic acids is 1. The molecule has 0 saturated carbocycles. The molecule has 1 fully saturated rings. The van der Waals surface area contributed by atoms with Gasteiger partial charge in [-0.25, -0.2) is 0 Å². The Morgan fingerprint density at radius 1 is 1.12 bits per heavy atom. The minimum atomic E-state index is -0.766. The molecule has 1 aliphatic heterocycles. The van der Waals surface area contributed by atoms with Crippen LogP contribution in [-0.4, -0.2) is 53.1 Å². The molecule has 1 saturated heterocycles. The number of carboxylic acid groups (broad SMARTS) is 1. The molecule has 0 aromatic heterocycles. The van der Waals surface area contributed by atoms with Crippen LogP contribution in [0, 0.1) is 0 Å². The van der Waals surface area contributed by atoms with E-state index >= 15 is 0 Å². The molecule has 1 heterocycles. The third-order valence-electron chi connectivity index (χ3n) is 4.80. The second kappa shape index (κ2) is 8.00. The van der Waals surface area contributed by atoms with Gasteiger partial charge < -0.3 is 5.11 Å². The predicted octanol–water partition coefficient (Wildman–Crippen LogP) is 3.52. The summed E-state index contributed by atoms with van der Waals surface area (Å²) in [7, 11) is 0. The van der Waals surface area contributed by atoms with Gasteiger partial charge in [-0.2, -0.15) is 0 Å². The molecule has 0 radical (unpaired) electrons. The maximum absolute atomic E-state index is 11.0. The molecular formula is C20H23ClN2O2. The average Bonchev–Trinajstić information content (AvgIpc) is 2.60. The molecule has 132 valence electrons. The highest BCUT2D eigenvalue weighted by molar-refractivity contribution is 6.30. The highest BCUT2D eigenvalue weighted by Gasteiger charge is 2.30. The summed E-state index contributed by atoms with van der Waals surface area (Å²) in [6.45, 7) is 4.62. The average molecular weight is 359 g/mol. The number of hydrogen-bond acceptors (Lipinski definition) is 3. The van der Waals surface area contributed by atoms with E-state index in [4.69, 9.17) is 16.7 Å². The van der Waals surface area contributed by atoms with E-state index in [9.17, 15) is 4.79 Å². The molecular weight excluding hydrogens is 336 g/mol. The Balaban J connectivity index is 1.86. The second-order valence-electron chi connectivity index (χ2n) is 6.57. The lowest BCUT2D eigenvalue weighted by Crippen LogP contribution is -2.54. The van der Waals surface area contributed by atoms with Gasteiger partial charge in [0.15, 0.2) is 0 Å². The first-order chi connectivity index (χ1) is 12.0. The van der Waals surface area contributed by atoms with Gasteiger partial charge >= 0.3 is 5.97 Å². The van der Waals surface area contributed by atoms with Crippen molar-refractivity contribution in [2.45, 2.75) is 19.0 Å². The molecule has 4 nitrogen and oxygen atoms in total. The summed E-state index contributed by atoms with van der Waals surface area (Å²) < 4.78 is 0. The van der Waals surface area contributed by atoms with Gasteiger partial charge in [0.2, 0.25) is 0 Å². The summed E-state index contributed by atoms with van der Waals surface area (Å²) in [4.78, 5) is 15.5. The molecule has 0 spiro atoms. The lowest BCUT2D eigenvalue weighted by Gasteiger charge is -2.43. The maximum atomic E-state index is 11.0. The zero-order chi connectivity index (χ0) is 17.8. The molecule has 2 atom stereocenters. The van der Waals surface area contributed by atoms with Crippen molar-refractivity contribution >= 4 is 17.6 Å². The zero-order valence-electron chi connectivity index (χ0n) is 14.3. The fourth-order valence-electron chi connectivity index (χ4n) is 3.56.